The molecule has 0 spiro atoms. The summed E-state index contributed by atoms with van der Waals surface area (Å²) in [6.45, 7) is 4.53. The molecule has 3 aromatic rings. The number of rotatable bonds is 4. The molecule has 0 saturated carbocycles. The van der Waals surface area contributed by atoms with Gasteiger partial charge in [0, 0.05) is 30.5 Å². The second-order valence-electron chi connectivity index (χ2n) is 6.89. The standard InChI is InChI=1S/C21H21N3O3/c1-13-5-4-6-15(9-13)21-22-20(23-27-21)16-10-19(25)24(12-16)18-11-17(26-3)8-7-14(18)2/h4-9,11,16H,10,12H2,1-3H3. The number of anilines is 1. The van der Waals surface area contributed by atoms with Crippen molar-refractivity contribution in [1.82, 2.24) is 10.1 Å². The molecule has 1 aliphatic heterocycles. The lowest BCUT2D eigenvalue weighted by atomic mass is 10.1. The first kappa shape index (κ1) is 17.3. The van der Waals surface area contributed by atoms with Crippen molar-refractivity contribution in [3.63, 3.8) is 0 Å². The first-order valence-electron chi connectivity index (χ1n) is 8.91. The number of hydrogen-bond donors (Lipinski definition) is 0. The third kappa shape index (κ3) is 3.30. The summed E-state index contributed by atoms with van der Waals surface area (Å²) in [6.07, 6.45) is 0.365. The van der Waals surface area contributed by atoms with Crippen LogP contribution < -0.4 is 9.64 Å². The number of aryl methyl sites for hydroxylation is 2. The molecule has 1 unspecified atom stereocenters. The number of aromatic nitrogens is 2. The molecule has 27 heavy (non-hydrogen) atoms. The van der Waals surface area contributed by atoms with Crippen LogP contribution in [0.4, 0.5) is 5.69 Å². The Morgan fingerprint density at radius 1 is 1.19 bits per heavy atom. The van der Waals surface area contributed by atoms with Gasteiger partial charge in [-0.05, 0) is 37.6 Å². The molecule has 0 bridgehead atoms. The molecule has 0 N–H and O–H groups in total. The normalized spacial score (nSPS) is 16.8. The number of amides is 1. The summed E-state index contributed by atoms with van der Waals surface area (Å²) in [4.78, 5) is 19.0. The quantitative estimate of drug-likeness (QED) is 0.703. The monoisotopic (exact) mass is 363 g/mol. The Hall–Kier alpha value is -3.15. The molecular formula is C21H21N3O3. The Kier molecular flexibility index (Phi) is 4.39. The maximum atomic E-state index is 12.6. The van der Waals surface area contributed by atoms with E-state index in [2.05, 4.69) is 10.1 Å². The van der Waals surface area contributed by atoms with E-state index in [1.165, 1.54) is 0 Å². The minimum Gasteiger partial charge on any atom is -0.497 e. The summed E-state index contributed by atoms with van der Waals surface area (Å²) in [5, 5.41) is 4.13. The highest BCUT2D eigenvalue weighted by molar-refractivity contribution is 5.97. The van der Waals surface area contributed by atoms with E-state index < -0.39 is 0 Å². The largest absolute Gasteiger partial charge is 0.497 e. The lowest BCUT2D eigenvalue weighted by Crippen LogP contribution is -2.25. The Bertz CT molecular complexity index is 996. The number of benzene rings is 2. The van der Waals surface area contributed by atoms with Crippen LogP contribution in [-0.4, -0.2) is 29.7 Å². The predicted molar refractivity (Wildman–Crippen MR) is 102 cm³/mol. The van der Waals surface area contributed by atoms with Crippen LogP contribution in [0.5, 0.6) is 5.75 Å². The van der Waals surface area contributed by atoms with Crippen LogP contribution in [0.2, 0.25) is 0 Å². The van der Waals surface area contributed by atoms with E-state index >= 15 is 0 Å². The van der Waals surface area contributed by atoms with Gasteiger partial charge in [-0.25, -0.2) is 0 Å². The van der Waals surface area contributed by atoms with Crippen LogP contribution in [-0.2, 0) is 4.79 Å². The van der Waals surface area contributed by atoms with E-state index in [-0.39, 0.29) is 11.8 Å². The van der Waals surface area contributed by atoms with Gasteiger partial charge < -0.3 is 14.2 Å². The van der Waals surface area contributed by atoms with Crippen LogP contribution in [0.25, 0.3) is 11.5 Å². The lowest BCUT2D eigenvalue weighted by Gasteiger charge is -2.19. The van der Waals surface area contributed by atoms with Crippen molar-refractivity contribution in [3.8, 4) is 17.2 Å². The molecule has 1 fully saturated rings. The van der Waals surface area contributed by atoms with E-state index in [1.54, 1.807) is 12.0 Å². The zero-order valence-corrected chi connectivity index (χ0v) is 15.6. The summed E-state index contributed by atoms with van der Waals surface area (Å²) in [6, 6.07) is 13.7. The fourth-order valence-corrected chi connectivity index (χ4v) is 3.42. The average molecular weight is 363 g/mol. The molecule has 6 heteroatoms. The SMILES string of the molecule is COc1ccc(C)c(N2CC(c3noc(-c4cccc(C)c4)n3)CC2=O)c1. The van der Waals surface area contributed by atoms with E-state index in [1.807, 2.05) is 56.3 Å². The van der Waals surface area contributed by atoms with Gasteiger partial charge in [0.2, 0.25) is 5.91 Å². The van der Waals surface area contributed by atoms with E-state index in [0.29, 0.717) is 24.7 Å². The first-order valence-corrected chi connectivity index (χ1v) is 8.91. The molecule has 1 saturated heterocycles. The van der Waals surface area contributed by atoms with Crippen molar-refractivity contribution in [1.29, 1.82) is 0 Å². The van der Waals surface area contributed by atoms with Gasteiger partial charge in [0.25, 0.3) is 5.89 Å². The zero-order valence-electron chi connectivity index (χ0n) is 15.6. The number of ether oxygens (including phenoxy) is 1. The molecule has 1 amide bonds. The maximum absolute atomic E-state index is 12.6. The van der Waals surface area contributed by atoms with Gasteiger partial charge in [0.1, 0.15) is 5.75 Å². The maximum Gasteiger partial charge on any atom is 0.257 e. The second-order valence-corrected chi connectivity index (χ2v) is 6.89. The highest BCUT2D eigenvalue weighted by Gasteiger charge is 2.35. The van der Waals surface area contributed by atoms with Crippen molar-refractivity contribution in [2.24, 2.45) is 0 Å². The van der Waals surface area contributed by atoms with Gasteiger partial charge >= 0.3 is 0 Å². The Morgan fingerprint density at radius 2 is 2.04 bits per heavy atom. The molecule has 4 rings (SSSR count). The van der Waals surface area contributed by atoms with Gasteiger partial charge in [-0.2, -0.15) is 4.98 Å². The third-order valence-electron chi connectivity index (χ3n) is 4.90. The van der Waals surface area contributed by atoms with E-state index in [4.69, 9.17) is 9.26 Å². The van der Waals surface area contributed by atoms with Crippen molar-refractivity contribution >= 4 is 11.6 Å². The van der Waals surface area contributed by atoms with E-state index in [9.17, 15) is 4.79 Å². The number of carbonyl (C=O) groups excluding carboxylic acids is 1. The summed E-state index contributed by atoms with van der Waals surface area (Å²) < 4.78 is 10.7. The molecule has 1 aliphatic rings. The summed E-state index contributed by atoms with van der Waals surface area (Å²) in [7, 11) is 1.62. The molecule has 1 atom stereocenters. The lowest BCUT2D eigenvalue weighted by molar-refractivity contribution is -0.117. The van der Waals surface area contributed by atoms with Crippen LogP contribution in [0.3, 0.4) is 0 Å². The molecule has 0 aliphatic carbocycles. The second kappa shape index (κ2) is 6.87. The summed E-state index contributed by atoms with van der Waals surface area (Å²) >= 11 is 0. The summed E-state index contributed by atoms with van der Waals surface area (Å²) in [5.41, 5.74) is 3.91. The average Bonchev–Trinajstić information content (AvgIpc) is 3.29. The molecule has 138 valence electrons. The molecule has 2 heterocycles. The van der Waals surface area contributed by atoms with Crippen LogP contribution in [0, 0.1) is 13.8 Å². The van der Waals surface area contributed by atoms with Crippen LogP contribution in [0.15, 0.2) is 47.0 Å². The molecule has 2 aromatic carbocycles. The Morgan fingerprint density at radius 3 is 2.81 bits per heavy atom. The summed E-state index contributed by atoms with van der Waals surface area (Å²) in [5.74, 6) is 1.75. The highest BCUT2D eigenvalue weighted by atomic mass is 16.5. The molecule has 6 nitrogen and oxygen atoms in total. The van der Waals surface area contributed by atoms with Gasteiger partial charge in [0.05, 0.1) is 12.8 Å². The number of nitrogens with zero attached hydrogens (tertiary/aromatic N) is 3. The third-order valence-corrected chi connectivity index (χ3v) is 4.90. The molecule has 1 aromatic heterocycles. The van der Waals surface area contributed by atoms with Crippen molar-refractivity contribution in [2.75, 3.05) is 18.6 Å². The van der Waals surface area contributed by atoms with Gasteiger partial charge in [-0.1, -0.05) is 28.9 Å². The van der Waals surface area contributed by atoms with Crippen molar-refractivity contribution in [3.05, 3.63) is 59.4 Å². The molecular weight excluding hydrogens is 342 g/mol. The Balaban J connectivity index is 1.58. The minimum atomic E-state index is -0.0922. The van der Waals surface area contributed by atoms with Gasteiger partial charge in [-0.15, -0.1) is 0 Å². The van der Waals surface area contributed by atoms with E-state index in [0.717, 1.165) is 28.1 Å². The van der Waals surface area contributed by atoms with Crippen LogP contribution >= 0.6 is 0 Å². The smallest absolute Gasteiger partial charge is 0.257 e. The van der Waals surface area contributed by atoms with Crippen molar-refractivity contribution in [2.45, 2.75) is 26.2 Å². The number of methoxy groups -OCH3 is 1. The van der Waals surface area contributed by atoms with Crippen LogP contribution in [0.1, 0.15) is 29.3 Å². The Labute approximate surface area is 157 Å². The predicted octanol–water partition coefficient (Wildman–Crippen LogP) is 3.88. The minimum absolute atomic E-state index is 0.0539. The number of carbonyl (C=O) groups is 1. The highest BCUT2D eigenvalue weighted by Crippen LogP contribution is 2.34. The first-order chi connectivity index (χ1) is 13.0. The topological polar surface area (TPSA) is 68.5 Å². The fourth-order valence-electron chi connectivity index (χ4n) is 3.42. The van der Waals surface area contributed by atoms with Gasteiger partial charge in [-0.3, -0.25) is 4.79 Å². The van der Waals surface area contributed by atoms with Crippen molar-refractivity contribution < 1.29 is 14.1 Å². The molecule has 0 radical (unpaired) electrons. The number of hydrogen-bond acceptors (Lipinski definition) is 5. The zero-order chi connectivity index (χ0) is 19.0. The van der Waals surface area contributed by atoms with Gasteiger partial charge in [0.15, 0.2) is 5.82 Å². The fraction of sp³-hybridized carbons (Fsp3) is 0.286.